The average Bonchev–Trinajstić information content (AvgIpc) is 2.37. The zero-order valence-corrected chi connectivity index (χ0v) is 5.72. The third kappa shape index (κ3) is 0.712. The van der Waals surface area contributed by atoms with Gasteiger partial charge in [-0.2, -0.15) is 0 Å². The lowest BCUT2D eigenvalue weighted by Crippen LogP contribution is -2.28. The highest BCUT2D eigenvalue weighted by Gasteiger charge is 2.11. The van der Waals surface area contributed by atoms with E-state index in [0.717, 1.165) is 0 Å². The number of nitrogens with two attached hydrogens (primary N) is 2. The van der Waals surface area contributed by atoms with Gasteiger partial charge in [0, 0.05) is 0 Å². The van der Waals surface area contributed by atoms with E-state index in [9.17, 15) is 4.79 Å². The lowest BCUT2D eigenvalue weighted by atomic mass is 10.3. The van der Waals surface area contributed by atoms with E-state index in [1.165, 1.54) is 0 Å². The fourth-order valence-corrected chi connectivity index (χ4v) is 1.19. The number of imidazole rings is 1. The molecular formula is C6H8N4O. The molecule has 1 aromatic heterocycles. The second-order valence-electron chi connectivity index (χ2n) is 2.52. The maximum absolute atomic E-state index is 10.7. The highest BCUT2D eigenvalue weighted by atomic mass is 16.1. The van der Waals surface area contributed by atoms with Gasteiger partial charge in [0.15, 0.2) is 0 Å². The van der Waals surface area contributed by atoms with Crippen molar-refractivity contribution in [3.05, 3.63) is 21.2 Å². The fraction of sp³-hybridized carbons (Fsp3) is 0.167. The standard InChI is InChI=1S/C6H8N4O/c7-2-1-3-5(4(2)8)10-6(11)9-3/h1-2H,7-8H2,(H2,9,10,11). The van der Waals surface area contributed by atoms with Crippen LogP contribution in [0.4, 0.5) is 0 Å². The molecule has 0 bridgehead atoms. The van der Waals surface area contributed by atoms with Crippen LogP contribution in [0.5, 0.6) is 0 Å². The minimum absolute atomic E-state index is 0.249. The molecule has 0 aromatic carbocycles. The van der Waals surface area contributed by atoms with Crippen LogP contribution in [0.15, 0.2) is 4.79 Å². The summed E-state index contributed by atoms with van der Waals surface area (Å²) in [6, 6.07) is -0.270. The Morgan fingerprint density at radius 1 is 1.45 bits per heavy atom. The van der Waals surface area contributed by atoms with Gasteiger partial charge in [-0.05, 0) is 6.08 Å². The zero-order chi connectivity index (χ0) is 8.01. The van der Waals surface area contributed by atoms with Crippen LogP contribution in [0, 0.1) is 0 Å². The summed E-state index contributed by atoms with van der Waals surface area (Å²) >= 11 is 0. The van der Waals surface area contributed by atoms with Crippen LogP contribution in [0.25, 0.3) is 11.8 Å². The number of aromatic nitrogens is 2. The summed E-state index contributed by atoms with van der Waals surface area (Å²) in [5, 5.41) is 1.32. The first kappa shape index (κ1) is 6.23. The number of hydrogen-bond donors (Lipinski definition) is 4. The molecule has 1 unspecified atom stereocenters. The summed E-state index contributed by atoms with van der Waals surface area (Å²) in [5.41, 5.74) is 11.4. The van der Waals surface area contributed by atoms with E-state index in [4.69, 9.17) is 11.5 Å². The third-order valence-electron chi connectivity index (χ3n) is 1.75. The summed E-state index contributed by atoms with van der Waals surface area (Å²) in [4.78, 5) is 15.8. The molecule has 0 aliphatic heterocycles. The van der Waals surface area contributed by atoms with Crippen molar-refractivity contribution in [1.82, 2.24) is 9.97 Å². The Bertz CT molecular complexity index is 452. The van der Waals surface area contributed by atoms with Crippen molar-refractivity contribution in [1.29, 1.82) is 0 Å². The smallest absolute Gasteiger partial charge is 0.323 e. The molecule has 1 heterocycles. The van der Waals surface area contributed by atoms with Crippen molar-refractivity contribution >= 4 is 11.8 Å². The van der Waals surface area contributed by atoms with Crippen molar-refractivity contribution in [3.63, 3.8) is 0 Å². The predicted molar refractivity (Wildman–Crippen MR) is 40.7 cm³/mol. The van der Waals surface area contributed by atoms with E-state index in [2.05, 4.69) is 9.97 Å². The molecule has 1 aromatic rings. The minimum Gasteiger partial charge on any atom is -0.399 e. The number of hydrogen-bond acceptors (Lipinski definition) is 3. The normalized spacial score (nSPS) is 21.5. The molecule has 0 amide bonds. The van der Waals surface area contributed by atoms with Crippen LogP contribution in [-0.4, -0.2) is 16.0 Å². The molecule has 5 heteroatoms. The maximum atomic E-state index is 10.7. The summed E-state index contributed by atoms with van der Waals surface area (Å²) in [6.45, 7) is 0. The first-order valence-corrected chi connectivity index (χ1v) is 3.24. The van der Waals surface area contributed by atoms with Gasteiger partial charge in [-0.1, -0.05) is 0 Å². The van der Waals surface area contributed by atoms with Crippen LogP contribution in [0.3, 0.4) is 0 Å². The third-order valence-corrected chi connectivity index (χ3v) is 1.75. The Morgan fingerprint density at radius 3 is 2.82 bits per heavy atom. The summed E-state index contributed by atoms with van der Waals surface area (Å²) in [5.74, 6) is 0. The van der Waals surface area contributed by atoms with Gasteiger partial charge in [0.25, 0.3) is 0 Å². The maximum Gasteiger partial charge on any atom is 0.323 e. The number of nitrogens with one attached hydrogen (secondary N) is 2. The molecule has 0 saturated carbocycles. The zero-order valence-electron chi connectivity index (χ0n) is 5.72. The predicted octanol–water partition coefficient (Wildman–Crippen LogP) is -3.11. The Hall–Kier alpha value is -1.49. The molecule has 5 nitrogen and oxygen atoms in total. The van der Waals surface area contributed by atoms with E-state index < -0.39 is 0 Å². The molecule has 0 spiro atoms. The Kier molecular flexibility index (Phi) is 0.998. The van der Waals surface area contributed by atoms with E-state index in [-0.39, 0.29) is 11.7 Å². The van der Waals surface area contributed by atoms with Crippen molar-refractivity contribution < 1.29 is 0 Å². The Balaban J connectivity index is 2.96. The van der Waals surface area contributed by atoms with Crippen molar-refractivity contribution in [2.24, 2.45) is 11.5 Å². The van der Waals surface area contributed by atoms with E-state index >= 15 is 0 Å². The molecular weight excluding hydrogens is 144 g/mol. The van der Waals surface area contributed by atoms with Gasteiger partial charge in [-0.3, -0.25) is 0 Å². The highest BCUT2D eigenvalue weighted by Crippen LogP contribution is 1.92. The molecule has 1 aliphatic rings. The first-order valence-electron chi connectivity index (χ1n) is 3.24. The topological polar surface area (TPSA) is 101 Å². The van der Waals surface area contributed by atoms with Crippen LogP contribution in [0.1, 0.15) is 0 Å². The van der Waals surface area contributed by atoms with Gasteiger partial charge in [0.2, 0.25) is 0 Å². The Labute approximate surface area is 61.4 Å². The quantitative estimate of drug-likeness (QED) is 0.316. The lowest BCUT2D eigenvalue weighted by Gasteiger charge is -1.98. The van der Waals surface area contributed by atoms with E-state index in [0.29, 0.717) is 16.4 Å². The van der Waals surface area contributed by atoms with Gasteiger partial charge in [-0.15, -0.1) is 0 Å². The Morgan fingerprint density at radius 2 is 2.18 bits per heavy atom. The second kappa shape index (κ2) is 1.76. The largest absolute Gasteiger partial charge is 0.399 e. The number of fused-ring (bicyclic) bond motifs is 1. The summed E-state index contributed by atoms with van der Waals surface area (Å²) in [6.07, 6.45) is 1.71. The minimum atomic E-state index is -0.270. The van der Waals surface area contributed by atoms with Gasteiger partial charge < -0.3 is 21.4 Å². The SMILES string of the molecule is NC1=c2[nH]c(=O)[nH]c2=CC1N. The molecule has 58 valence electrons. The molecule has 2 rings (SSSR count). The van der Waals surface area contributed by atoms with Crippen molar-refractivity contribution in [3.8, 4) is 0 Å². The van der Waals surface area contributed by atoms with Crippen molar-refractivity contribution in [2.75, 3.05) is 0 Å². The lowest BCUT2D eigenvalue weighted by molar-refractivity contribution is 1.06. The van der Waals surface area contributed by atoms with Crippen LogP contribution >= 0.6 is 0 Å². The molecule has 11 heavy (non-hydrogen) atoms. The number of H-pyrrole nitrogens is 2. The van der Waals surface area contributed by atoms with Crippen LogP contribution < -0.4 is 27.9 Å². The first-order chi connectivity index (χ1) is 5.18. The van der Waals surface area contributed by atoms with Gasteiger partial charge in [-0.25, -0.2) is 4.79 Å². The fourth-order valence-electron chi connectivity index (χ4n) is 1.19. The average molecular weight is 152 g/mol. The van der Waals surface area contributed by atoms with Crippen LogP contribution in [0.2, 0.25) is 0 Å². The summed E-state index contributed by atoms with van der Waals surface area (Å²) < 4.78 is 0. The van der Waals surface area contributed by atoms with Crippen molar-refractivity contribution in [2.45, 2.75) is 6.04 Å². The molecule has 1 atom stereocenters. The highest BCUT2D eigenvalue weighted by molar-refractivity contribution is 5.61. The van der Waals surface area contributed by atoms with Gasteiger partial charge in [0.05, 0.1) is 22.4 Å². The van der Waals surface area contributed by atoms with Gasteiger partial charge in [0.1, 0.15) is 0 Å². The van der Waals surface area contributed by atoms with Gasteiger partial charge >= 0.3 is 5.69 Å². The molecule has 0 fully saturated rings. The number of rotatable bonds is 0. The van der Waals surface area contributed by atoms with E-state index in [1.54, 1.807) is 6.08 Å². The number of aromatic amines is 2. The molecule has 1 aliphatic carbocycles. The monoisotopic (exact) mass is 152 g/mol. The van der Waals surface area contributed by atoms with E-state index in [1.807, 2.05) is 0 Å². The molecule has 0 radical (unpaired) electrons. The molecule has 0 saturated heterocycles. The second-order valence-corrected chi connectivity index (χ2v) is 2.52. The molecule has 6 N–H and O–H groups in total. The van der Waals surface area contributed by atoms with Crippen LogP contribution in [-0.2, 0) is 0 Å². The summed E-state index contributed by atoms with van der Waals surface area (Å²) in [7, 11) is 0.